The molecule has 0 bridgehead atoms. The molecule has 0 aromatic carbocycles. The molecule has 76 valence electrons. The van der Waals surface area contributed by atoms with Crippen molar-refractivity contribution in [3.05, 3.63) is 0 Å². The van der Waals surface area contributed by atoms with Crippen LogP contribution in [0, 0.1) is 5.41 Å². The number of hydrogen-bond donors (Lipinski definition) is 1. The smallest absolute Gasteiger partial charge is 0.00359 e. The lowest BCUT2D eigenvalue weighted by atomic mass is 9.75. The average Bonchev–Trinajstić information content (AvgIpc) is 2.29. The van der Waals surface area contributed by atoms with Gasteiger partial charge in [0.1, 0.15) is 0 Å². The molecule has 2 aliphatic rings. The van der Waals surface area contributed by atoms with Gasteiger partial charge in [-0.05, 0) is 57.8 Å². The Morgan fingerprint density at radius 2 is 1.85 bits per heavy atom. The molecule has 2 saturated heterocycles. The maximum absolute atomic E-state index is 3.47. The highest BCUT2D eigenvalue weighted by atomic mass is 15.1. The maximum Gasteiger partial charge on any atom is 0.00359 e. The highest BCUT2D eigenvalue weighted by Crippen LogP contribution is 2.36. The van der Waals surface area contributed by atoms with Crippen molar-refractivity contribution in [2.45, 2.75) is 32.1 Å². The molecule has 2 fully saturated rings. The minimum Gasteiger partial charge on any atom is -0.317 e. The van der Waals surface area contributed by atoms with Crippen LogP contribution in [0.5, 0.6) is 0 Å². The fraction of sp³-hybridized carbons (Fsp3) is 1.00. The molecule has 0 aromatic rings. The zero-order valence-corrected chi connectivity index (χ0v) is 8.81. The van der Waals surface area contributed by atoms with E-state index in [1.54, 1.807) is 0 Å². The van der Waals surface area contributed by atoms with Crippen molar-refractivity contribution in [2.24, 2.45) is 5.41 Å². The normalized spacial score (nSPS) is 30.2. The van der Waals surface area contributed by atoms with Crippen LogP contribution in [0.4, 0.5) is 0 Å². The molecule has 2 aliphatic heterocycles. The van der Waals surface area contributed by atoms with Gasteiger partial charge in [0.05, 0.1) is 0 Å². The molecule has 0 amide bonds. The predicted octanol–water partition coefficient (Wildman–Crippen LogP) is 1.47. The van der Waals surface area contributed by atoms with Gasteiger partial charge in [0, 0.05) is 6.54 Å². The van der Waals surface area contributed by atoms with Gasteiger partial charge in [-0.3, -0.25) is 0 Å². The first-order valence-corrected chi connectivity index (χ1v) is 5.70. The zero-order chi connectivity index (χ0) is 9.15. The van der Waals surface area contributed by atoms with Gasteiger partial charge in [-0.1, -0.05) is 6.42 Å². The van der Waals surface area contributed by atoms with Gasteiger partial charge < -0.3 is 10.2 Å². The molecule has 0 radical (unpaired) electrons. The Labute approximate surface area is 81.7 Å². The Kier molecular flexibility index (Phi) is 2.89. The first-order valence-electron chi connectivity index (χ1n) is 5.70. The molecular weight excluding hydrogens is 160 g/mol. The van der Waals surface area contributed by atoms with E-state index in [2.05, 4.69) is 17.3 Å². The van der Waals surface area contributed by atoms with Gasteiger partial charge in [-0.2, -0.15) is 0 Å². The van der Waals surface area contributed by atoms with Crippen LogP contribution in [-0.4, -0.2) is 38.1 Å². The zero-order valence-electron chi connectivity index (χ0n) is 8.81. The maximum atomic E-state index is 3.47. The summed E-state index contributed by atoms with van der Waals surface area (Å²) in [5, 5.41) is 3.47. The SMILES string of the molecule is CN1CCCCC2(CCNCC2)C1. The minimum absolute atomic E-state index is 0.677. The summed E-state index contributed by atoms with van der Waals surface area (Å²) in [5.41, 5.74) is 0.677. The van der Waals surface area contributed by atoms with Crippen LogP contribution in [0.2, 0.25) is 0 Å². The van der Waals surface area contributed by atoms with E-state index in [1.807, 2.05) is 0 Å². The van der Waals surface area contributed by atoms with Crippen molar-refractivity contribution in [3.8, 4) is 0 Å². The predicted molar refractivity (Wildman–Crippen MR) is 55.9 cm³/mol. The van der Waals surface area contributed by atoms with Crippen molar-refractivity contribution >= 4 is 0 Å². The molecule has 0 saturated carbocycles. The monoisotopic (exact) mass is 182 g/mol. The second-order valence-electron chi connectivity index (χ2n) is 4.94. The largest absolute Gasteiger partial charge is 0.317 e. The number of hydrogen-bond acceptors (Lipinski definition) is 2. The van der Waals surface area contributed by atoms with Crippen LogP contribution in [0.1, 0.15) is 32.1 Å². The molecule has 0 atom stereocenters. The van der Waals surface area contributed by atoms with Crippen LogP contribution < -0.4 is 5.32 Å². The third-order valence-electron chi connectivity index (χ3n) is 3.77. The molecule has 2 heteroatoms. The summed E-state index contributed by atoms with van der Waals surface area (Å²) in [5.74, 6) is 0. The van der Waals surface area contributed by atoms with Gasteiger partial charge in [0.25, 0.3) is 0 Å². The highest BCUT2D eigenvalue weighted by Gasteiger charge is 2.33. The summed E-state index contributed by atoms with van der Waals surface area (Å²) >= 11 is 0. The van der Waals surface area contributed by atoms with Crippen molar-refractivity contribution in [2.75, 3.05) is 33.2 Å². The van der Waals surface area contributed by atoms with Crippen molar-refractivity contribution < 1.29 is 0 Å². The van der Waals surface area contributed by atoms with Gasteiger partial charge in [-0.25, -0.2) is 0 Å². The molecule has 0 aromatic heterocycles. The van der Waals surface area contributed by atoms with Gasteiger partial charge in [0.2, 0.25) is 0 Å². The van der Waals surface area contributed by atoms with Crippen molar-refractivity contribution in [3.63, 3.8) is 0 Å². The van der Waals surface area contributed by atoms with Gasteiger partial charge in [-0.15, -0.1) is 0 Å². The van der Waals surface area contributed by atoms with Gasteiger partial charge >= 0.3 is 0 Å². The summed E-state index contributed by atoms with van der Waals surface area (Å²) in [6.45, 7) is 5.14. The third kappa shape index (κ3) is 2.23. The Hall–Kier alpha value is -0.0800. The number of likely N-dealkylation sites (tertiary alicyclic amines) is 1. The Bertz CT molecular complexity index is 161. The molecule has 0 unspecified atom stereocenters. The summed E-state index contributed by atoms with van der Waals surface area (Å²) in [6, 6.07) is 0. The molecule has 1 N–H and O–H groups in total. The summed E-state index contributed by atoms with van der Waals surface area (Å²) < 4.78 is 0. The second kappa shape index (κ2) is 3.97. The first kappa shape index (κ1) is 9.47. The summed E-state index contributed by atoms with van der Waals surface area (Å²) in [6.07, 6.45) is 7.13. The Morgan fingerprint density at radius 1 is 1.08 bits per heavy atom. The summed E-state index contributed by atoms with van der Waals surface area (Å²) in [4.78, 5) is 2.54. The van der Waals surface area contributed by atoms with E-state index in [-0.39, 0.29) is 0 Å². The Morgan fingerprint density at radius 3 is 2.62 bits per heavy atom. The molecule has 1 spiro atoms. The molecular formula is C11H22N2. The molecule has 13 heavy (non-hydrogen) atoms. The average molecular weight is 182 g/mol. The minimum atomic E-state index is 0.677. The molecule has 2 nitrogen and oxygen atoms in total. The molecule has 2 heterocycles. The highest BCUT2D eigenvalue weighted by molar-refractivity contribution is 4.88. The third-order valence-corrected chi connectivity index (χ3v) is 3.77. The van der Waals surface area contributed by atoms with Crippen molar-refractivity contribution in [1.29, 1.82) is 0 Å². The second-order valence-corrected chi connectivity index (χ2v) is 4.94. The van der Waals surface area contributed by atoms with E-state index in [4.69, 9.17) is 0 Å². The van der Waals surface area contributed by atoms with E-state index in [0.717, 1.165) is 0 Å². The number of nitrogens with one attached hydrogen (secondary N) is 1. The van der Waals surface area contributed by atoms with E-state index in [9.17, 15) is 0 Å². The fourth-order valence-corrected chi connectivity index (χ4v) is 2.98. The van der Waals surface area contributed by atoms with Crippen LogP contribution in [0.25, 0.3) is 0 Å². The fourth-order valence-electron chi connectivity index (χ4n) is 2.98. The molecule has 0 aliphatic carbocycles. The van der Waals surface area contributed by atoms with Crippen LogP contribution in [-0.2, 0) is 0 Å². The van der Waals surface area contributed by atoms with Gasteiger partial charge in [0.15, 0.2) is 0 Å². The van der Waals surface area contributed by atoms with Crippen molar-refractivity contribution in [1.82, 2.24) is 10.2 Å². The topological polar surface area (TPSA) is 15.3 Å². The van der Waals surface area contributed by atoms with E-state index in [0.29, 0.717) is 5.41 Å². The van der Waals surface area contributed by atoms with Crippen LogP contribution in [0.15, 0.2) is 0 Å². The standard InChI is InChI=1S/C11H22N2/c1-13-9-3-2-4-11(10-13)5-7-12-8-6-11/h12H,2-10H2,1H3. The van der Waals surface area contributed by atoms with E-state index < -0.39 is 0 Å². The number of nitrogens with zero attached hydrogens (tertiary/aromatic N) is 1. The number of rotatable bonds is 0. The lowest BCUT2D eigenvalue weighted by molar-refractivity contribution is 0.137. The van der Waals surface area contributed by atoms with Crippen LogP contribution in [0.3, 0.4) is 0 Å². The lowest BCUT2D eigenvalue weighted by Crippen LogP contribution is -2.42. The quantitative estimate of drug-likeness (QED) is 0.610. The Balaban J connectivity index is 2.00. The van der Waals surface area contributed by atoms with E-state index in [1.165, 1.54) is 58.3 Å². The lowest BCUT2D eigenvalue weighted by Gasteiger charge is -2.38. The van der Waals surface area contributed by atoms with Crippen LogP contribution >= 0.6 is 0 Å². The first-order chi connectivity index (χ1) is 6.31. The number of piperidine rings is 1. The summed E-state index contributed by atoms with van der Waals surface area (Å²) in [7, 11) is 2.29. The van der Waals surface area contributed by atoms with E-state index >= 15 is 0 Å². The molecule has 2 rings (SSSR count).